The predicted octanol–water partition coefficient (Wildman–Crippen LogP) is 4.24. The van der Waals surface area contributed by atoms with E-state index in [-0.39, 0.29) is 27.2 Å². The standard InChI is InChI=1S/C16H13Cl3N2O4/c1-24-12-7-11(13(25-2)6-10(12)19)20-15(22)16(23)21-14-8(17)4-3-5-9(14)18/h3-7H,1-2H3,(H,20,22)(H,21,23). The van der Waals surface area contributed by atoms with Crippen LogP contribution in [0.5, 0.6) is 11.5 Å². The van der Waals surface area contributed by atoms with Crippen LogP contribution in [-0.2, 0) is 9.59 Å². The summed E-state index contributed by atoms with van der Waals surface area (Å²) >= 11 is 17.9. The van der Waals surface area contributed by atoms with Crippen LogP contribution in [0.1, 0.15) is 0 Å². The molecule has 0 aliphatic rings. The maximum atomic E-state index is 12.2. The first-order valence-electron chi connectivity index (χ1n) is 6.85. The minimum absolute atomic E-state index is 0.145. The largest absolute Gasteiger partial charge is 0.495 e. The highest BCUT2D eigenvalue weighted by Crippen LogP contribution is 2.36. The molecule has 2 rings (SSSR count). The van der Waals surface area contributed by atoms with E-state index in [1.54, 1.807) is 6.07 Å². The maximum Gasteiger partial charge on any atom is 0.314 e. The lowest BCUT2D eigenvalue weighted by Gasteiger charge is -2.13. The lowest BCUT2D eigenvalue weighted by Crippen LogP contribution is -2.29. The Kier molecular flexibility index (Phi) is 6.36. The summed E-state index contributed by atoms with van der Waals surface area (Å²) in [4.78, 5) is 24.3. The van der Waals surface area contributed by atoms with Gasteiger partial charge in [0.2, 0.25) is 0 Å². The van der Waals surface area contributed by atoms with Crippen LogP contribution in [-0.4, -0.2) is 26.0 Å². The van der Waals surface area contributed by atoms with Crippen molar-refractivity contribution < 1.29 is 19.1 Å². The number of rotatable bonds is 4. The Bertz CT molecular complexity index is 807. The molecule has 0 saturated heterocycles. The summed E-state index contributed by atoms with van der Waals surface area (Å²) in [6.07, 6.45) is 0. The lowest BCUT2D eigenvalue weighted by atomic mass is 10.2. The Hall–Kier alpha value is -2.15. The molecule has 0 aromatic heterocycles. The molecule has 0 heterocycles. The molecule has 9 heteroatoms. The highest BCUT2D eigenvalue weighted by molar-refractivity contribution is 6.46. The summed E-state index contributed by atoms with van der Waals surface area (Å²) in [7, 11) is 2.82. The van der Waals surface area contributed by atoms with Crippen molar-refractivity contribution in [3.05, 3.63) is 45.4 Å². The number of hydrogen-bond donors (Lipinski definition) is 2. The number of methoxy groups -OCH3 is 2. The van der Waals surface area contributed by atoms with Crippen LogP contribution in [0.2, 0.25) is 15.1 Å². The van der Waals surface area contributed by atoms with Gasteiger partial charge in [0.15, 0.2) is 0 Å². The summed E-state index contributed by atoms with van der Waals surface area (Å²) < 4.78 is 10.2. The van der Waals surface area contributed by atoms with E-state index >= 15 is 0 Å². The fourth-order valence-corrected chi connectivity index (χ4v) is 2.65. The zero-order valence-corrected chi connectivity index (χ0v) is 15.4. The number of carbonyl (C=O) groups is 2. The van der Waals surface area contributed by atoms with Gasteiger partial charge in [-0.15, -0.1) is 0 Å². The summed E-state index contributed by atoms with van der Waals surface area (Å²) in [6, 6.07) is 7.58. The Morgan fingerprint density at radius 1 is 0.840 bits per heavy atom. The van der Waals surface area contributed by atoms with E-state index in [1.807, 2.05) is 0 Å². The SMILES string of the molecule is COc1cc(NC(=O)C(=O)Nc2c(Cl)cccc2Cl)c(OC)cc1Cl. The molecule has 2 amide bonds. The van der Waals surface area contributed by atoms with Crippen molar-refractivity contribution in [3.8, 4) is 11.5 Å². The van der Waals surface area contributed by atoms with Gasteiger partial charge in [0.05, 0.1) is 40.7 Å². The number of hydrogen-bond acceptors (Lipinski definition) is 4. The lowest BCUT2D eigenvalue weighted by molar-refractivity contribution is -0.133. The summed E-state index contributed by atoms with van der Waals surface area (Å²) in [5.41, 5.74) is 0.362. The van der Waals surface area contributed by atoms with Gasteiger partial charge in [-0.1, -0.05) is 40.9 Å². The van der Waals surface area contributed by atoms with E-state index in [9.17, 15) is 9.59 Å². The van der Waals surface area contributed by atoms with Gasteiger partial charge in [-0.25, -0.2) is 0 Å². The highest BCUT2D eigenvalue weighted by Gasteiger charge is 2.20. The zero-order chi connectivity index (χ0) is 18.6. The van der Waals surface area contributed by atoms with Crippen LogP contribution in [0.15, 0.2) is 30.3 Å². The zero-order valence-electron chi connectivity index (χ0n) is 13.2. The van der Waals surface area contributed by atoms with Crippen LogP contribution >= 0.6 is 34.8 Å². The summed E-state index contributed by atoms with van der Waals surface area (Å²) in [5, 5.41) is 5.50. The van der Waals surface area contributed by atoms with Crippen LogP contribution < -0.4 is 20.1 Å². The normalized spacial score (nSPS) is 10.1. The molecule has 6 nitrogen and oxygen atoms in total. The number of benzene rings is 2. The van der Waals surface area contributed by atoms with E-state index in [0.717, 1.165) is 0 Å². The number of halogens is 3. The fraction of sp³-hybridized carbons (Fsp3) is 0.125. The molecular weight excluding hydrogens is 391 g/mol. The van der Waals surface area contributed by atoms with Crippen molar-refractivity contribution in [3.63, 3.8) is 0 Å². The highest BCUT2D eigenvalue weighted by atomic mass is 35.5. The number of amides is 2. The van der Waals surface area contributed by atoms with Gasteiger partial charge in [-0.05, 0) is 12.1 Å². The third-order valence-corrected chi connectivity index (χ3v) is 4.05. The van der Waals surface area contributed by atoms with Gasteiger partial charge in [0.25, 0.3) is 0 Å². The van der Waals surface area contributed by atoms with E-state index < -0.39 is 11.8 Å². The average molecular weight is 404 g/mol. The Morgan fingerprint density at radius 2 is 1.40 bits per heavy atom. The van der Waals surface area contributed by atoms with E-state index in [2.05, 4.69) is 10.6 Å². The topological polar surface area (TPSA) is 76.7 Å². The van der Waals surface area contributed by atoms with Gasteiger partial charge in [-0.3, -0.25) is 9.59 Å². The molecule has 132 valence electrons. The Morgan fingerprint density at radius 3 is 1.96 bits per heavy atom. The molecule has 0 unspecified atom stereocenters. The average Bonchev–Trinajstić information content (AvgIpc) is 2.59. The predicted molar refractivity (Wildman–Crippen MR) is 98.3 cm³/mol. The first-order valence-corrected chi connectivity index (χ1v) is 7.98. The summed E-state index contributed by atoms with van der Waals surface area (Å²) in [6.45, 7) is 0. The van der Waals surface area contributed by atoms with Crippen molar-refractivity contribution >= 4 is 58.0 Å². The molecule has 0 aliphatic carbocycles. The minimum atomic E-state index is -0.953. The molecule has 0 bridgehead atoms. The monoisotopic (exact) mass is 402 g/mol. The van der Waals surface area contributed by atoms with E-state index in [4.69, 9.17) is 44.3 Å². The van der Waals surface area contributed by atoms with Crippen LogP contribution in [0.3, 0.4) is 0 Å². The van der Waals surface area contributed by atoms with Crippen LogP contribution in [0.25, 0.3) is 0 Å². The molecule has 25 heavy (non-hydrogen) atoms. The number of ether oxygens (including phenoxy) is 2. The van der Waals surface area contributed by atoms with E-state index in [1.165, 1.54) is 38.5 Å². The number of para-hydroxylation sites is 1. The van der Waals surface area contributed by atoms with Crippen molar-refractivity contribution in [1.82, 2.24) is 0 Å². The molecular formula is C16H13Cl3N2O4. The fourth-order valence-electron chi connectivity index (χ4n) is 1.92. The van der Waals surface area contributed by atoms with Gasteiger partial charge < -0.3 is 20.1 Å². The molecule has 2 aromatic rings. The summed E-state index contributed by atoms with van der Waals surface area (Å²) in [5.74, 6) is -1.32. The van der Waals surface area contributed by atoms with Gasteiger partial charge in [0.1, 0.15) is 11.5 Å². The second kappa shape index (κ2) is 8.29. The third-order valence-electron chi connectivity index (χ3n) is 3.13. The van der Waals surface area contributed by atoms with Gasteiger partial charge in [0, 0.05) is 12.1 Å². The van der Waals surface area contributed by atoms with Crippen molar-refractivity contribution in [2.75, 3.05) is 24.9 Å². The number of anilines is 2. The maximum absolute atomic E-state index is 12.2. The van der Waals surface area contributed by atoms with Crippen LogP contribution in [0, 0.1) is 0 Å². The van der Waals surface area contributed by atoms with Gasteiger partial charge >= 0.3 is 11.8 Å². The molecule has 2 aromatic carbocycles. The second-order valence-corrected chi connectivity index (χ2v) is 5.91. The molecule has 0 fully saturated rings. The third kappa shape index (κ3) is 4.48. The number of nitrogens with one attached hydrogen (secondary N) is 2. The van der Waals surface area contributed by atoms with E-state index in [0.29, 0.717) is 10.8 Å². The molecule has 0 atom stereocenters. The van der Waals surface area contributed by atoms with Crippen LogP contribution in [0.4, 0.5) is 11.4 Å². The molecule has 0 aliphatic heterocycles. The molecule has 2 N–H and O–H groups in total. The number of carbonyl (C=O) groups excluding carboxylic acids is 2. The second-order valence-electron chi connectivity index (χ2n) is 4.69. The first kappa shape index (κ1) is 19.2. The van der Waals surface area contributed by atoms with Crippen molar-refractivity contribution in [1.29, 1.82) is 0 Å². The molecule has 0 spiro atoms. The van der Waals surface area contributed by atoms with Gasteiger partial charge in [-0.2, -0.15) is 0 Å². The quantitative estimate of drug-likeness (QED) is 0.749. The minimum Gasteiger partial charge on any atom is -0.495 e. The first-order chi connectivity index (χ1) is 11.9. The van der Waals surface area contributed by atoms with Crippen molar-refractivity contribution in [2.24, 2.45) is 0 Å². The smallest absolute Gasteiger partial charge is 0.314 e. The Labute approximate surface area is 159 Å². The Balaban J connectivity index is 2.20. The molecule has 0 radical (unpaired) electrons. The molecule has 0 saturated carbocycles. The van der Waals surface area contributed by atoms with Crippen molar-refractivity contribution in [2.45, 2.75) is 0 Å².